The van der Waals surface area contributed by atoms with Gasteiger partial charge in [-0.1, -0.05) is 42.5 Å². The van der Waals surface area contributed by atoms with Crippen molar-refractivity contribution >= 4 is 17.2 Å². The number of likely N-dealkylation sites (N-methyl/N-ethyl adjacent to an activating group) is 1. The van der Waals surface area contributed by atoms with E-state index in [1.54, 1.807) is 0 Å². The summed E-state index contributed by atoms with van der Waals surface area (Å²) in [5.41, 5.74) is 7.12. The van der Waals surface area contributed by atoms with Crippen LogP contribution in [0.3, 0.4) is 0 Å². The number of benzene rings is 1. The molecule has 3 nitrogen and oxygen atoms in total. The molecule has 1 aromatic rings. The molecule has 1 saturated heterocycles. The van der Waals surface area contributed by atoms with Gasteiger partial charge in [-0.05, 0) is 25.6 Å². The Labute approximate surface area is 121 Å². The first-order chi connectivity index (χ1) is 9.16. The highest BCUT2D eigenvalue weighted by atomic mass is 32.1. The second-order valence-electron chi connectivity index (χ2n) is 5.29. The Balaban J connectivity index is 2.15. The van der Waals surface area contributed by atoms with Crippen LogP contribution in [0.4, 0.5) is 0 Å². The Kier molecular flexibility index (Phi) is 5.31. The summed E-state index contributed by atoms with van der Waals surface area (Å²) in [5, 5.41) is 0. The summed E-state index contributed by atoms with van der Waals surface area (Å²) in [6.07, 6.45) is 1.97. The van der Waals surface area contributed by atoms with Crippen LogP contribution in [0.5, 0.6) is 0 Å². The van der Waals surface area contributed by atoms with Gasteiger partial charge in [0.05, 0.1) is 4.99 Å². The second kappa shape index (κ2) is 6.98. The Morgan fingerprint density at radius 1 is 1.21 bits per heavy atom. The Morgan fingerprint density at radius 3 is 2.63 bits per heavy atom. The zero-order valence-corrected chi connectivity index (χ0v) is 12.4. The largest absolute Gasteiger partial charge is 0.393 e. The van der Waals surface area contributed by atoms with Crippen LogP contribution in [0.1, 0.15) is 24.4 Å². The summed E-state index contributed by atoms with van der Waals surface area (Å²) < 4.78 is 0. The van der Waals surface area contributed by atoms with Gasteiger partial charge in [-0.25, -0.2) is 0 Å². The van der Waals surface area contributed by atoms with Gasteiger partial charge >= 0.3 is 0 Å². The maximum atomic E-state index is 5.80. The van der Waals surface area contributed by atoms with Crippen LogP contribution < -0.4 is 5.73 Å². The fourth-order valence-electron chi connectivity index (χ4n) is 2.70. The van der Waals surface area contributed by atoms with Crippen molar-refractivity contribution in [2.45, 2.75) is 18.9 Å². The van der Waals surface area contributed by atoms with Crippen molar-refractivity contribution in [3.05, 3.63) is 35.9 Å². The number of thiocarbonyl (C=S) groups is 1. The highest BCUT2D eigenvalue weighted by Gasteiger charge is 2.22. The van der Waals surface area contributed by atoms with Gasteiger partial charge in [0.2, 0.25) is 0 Å². The van der Waals surface area contributed by atoms with E-state index in [1.165, 1.54) is 18.5 Å². The van der Waals surface area contributed by atoms with Crippen LogP contribution >= 0.6 is 12.2 Å². The molecule has 1 heterocycles. The molecule has 0 saturated carbocycles. The van der Waals surface area contributed by atoms with E-state index in [-0.39, 0.29) is 0 Å². The smallest absolute Gasteiger partial charge is 0.0746 e. The Bertz CT molecular complexity index is 407. The number of rotatable bonds is 4. The molecule has 4 heteroatoms. The van der Waals surface area contributed by atoms with Crippen LogP contribution in [0, 0.1) is 0 Å². The van der Waals surface area contributed by atoms with Gasteiger partial charge in [0, 0.05) is 32.1 Å². The van der Waals surface area contributed by atoms with E-state index < -0.39 is 0 Å². The summed E-state index contributed by atoms with van der Waals surface area (Å²) in [5.74, 6) is 0. The van der Waals surface area contributed by atoms with Gasteiger partial charge in [-0.2, -0.15) is 0 Å². The normalized spacial score (nSPS) is 19.8. The molecule has 0 aliphatic carbocycles. The van der Waals surface area contributed by atoms with Crippen molar-refractivity contribution in [2.75, 3.05) is 33.2 Å². The van der Waals surface area contributed by atoms with Crippen LogP contribution in [0.25, 0.3) is 0 Å². The highest BCUT2D eigenvalue weighted by molar-refractivity contribution is 7.80. The van der Waals surface area contributed by atoms with Crippen molar-refractivity contribution in [3.8, 4) is 0 Å². The predicted octanol–water partition coefficient (Wildman–Crippen LogP) is 2.04. The number of nitrogens with zero attached hydrogens (tertiary/aromatic N) is 2. The molecule has 0 radical (unpaired) electrons. The average Bonchev–Trinajstić information content (AvgIpc) is 2.62. The predicted molar refractivity (Wildman–Crippen MR) is 84.3 cm³/mol. The standard InChI is InChI=1S/C15H23N3S/c1-17-8-5-9-18(11-10-17)14(12-15(16)19)13-6-3-2-4-7-13/h2-4,6-7,14H,5,8-12H2,1H3,(H2,16,19). The van der Waals surface area contributed by atoms with Gasteiger partial charge in [0.15, 0.2) is 0 Å². The molecule has 1 aliphatic rings. The monoisotopic (exact) mass is 277 g/mol. The van der Waals surface area contributed by atoms with Crippen LogP contribution in [-0.4, -0.2) is 48.0 Å². The summed E-state index contributed by atoms with van der Waals surface area (Å²) >= 11 is 5.14. The first-order valence-electron chi connectivity index (χ1n) is 6.92. The minimum absolute atomic E-state index is 0.324. The second-order valence-corrected chi connectivity index (χ2v) is 5.81. The molecule has 1 unspecified atom stereocenters. The molecule has 0 bridgehead atoms. The summed E-state index contributed by atoms with van der Waals surface area (Å²) in [6.45, 7) is 4.48. The molecule has 19 heavy (non-hydrogen) atoms. The van der Waals surface area contributed by atoms with Crippen molar-refractivity contribution in [1.29, 1.82) is 0 Å². The van der Waals surface area contributed by atoms with E-state index in [2.05, 4.69) is 47.2 Å². The van der Waals surface area contributed by atoms with Gasteiger partial charge in [-0.15, -0.1) is 0 Å². The molecular formula is C15H23N3S. The lowest BCUT2D eigenvalue weighted by Gasteiger charge is -2.30. The molecule has 0 aromatic heterocycles. The van der Waals surface area contributed by atoms with Gasteiger partial charge in [-0.3, -0.25) is 4.90 Å². The van der Waals surface area contributed by atoms with Crippen LogP contribution in [0.2, 0.25) is 0 Å². The number of hydrogen-bond acceptors (Lipinski definition) is 3. The van der Waals surface area contributed by atoms with E-state index in [0.717, 1.165) is 26.1 Å². The molecule has 0 amide bonds. The molecule has 104 valence electrons. The van der Waals surface area contributed by atoms with Crippen LogP contribution in [-0.2, 0) is 0 Å². The van der Waals surface area contributed by atoms with E-state index in [0.29, 0.717) is 11.0 Å². The molecule has 2 rings (SSSR count). The lowest BCUT2D eigenvalue weighted by molar-refractivity contribution is 0.208. The van der Waals surface area contributed by atoms with E-state index in [4.69, 9.17) is 18.0 Å². The van der Waals surface area contributed by atoms with Crippen molar-refractivity contribution in [2.24, 2.45) is 5.73 Å². The van der Waals surface area contributed by atoms with E-state index in [9.17, 15) is 0 Å². The third-order valence-corrected chi connectivity index (χ3v) is 3.94. The third-order valence-electron chi connectivity index (χ3n) is 3.77. The lowest BCUT2D eigenvalue weighted by atomic mass is 10.0. The summed E-state index contributed by atoms with van der Waals surface area (Å²) in [4.78, 5) is 5.52. The number of hydrogen-bond donors (Lipinski definition) is 1. The van der Waals surface area contributed by atoms with E-state index >= 15 is 0 Å². The fraction of sp³-hybridized carbons (Fsp3) is 0.533. The molecule has 1 fully saturated rings. The molecule has 2 N–H and O–H groups in total. The molecular weight excluding hydrogens is 254 g/mol. The molecule has 1 aliphatic heterocycles. The zero-order valence-electron chi connectivity index (χ0n) is 11.6. The lowest BCUT2D eigenvalue weighted by Crippen LogP contribution is -2.34. The summed E-state index contributed by atoms with van der Waals surface area (Å²) in [7, 11) is 2.19. The number of nitrogens with two attached hydrogens (primary N) is 1. The topological polar surface area (TPSA) is 32.5 Å². The Morgan fingerprint density at radius 2 is 1.95 bits per heavy atom. The van der Waals surface area contributed by atoms with Crippen LogP contribution in [0.15, 0.2) is 30.3 Å². The SMILES string of the molecule is CN1CCCN(C(CC(N)=S)c2ccccc2)CC1. The first kappa shape index (κ1) is 14.4. The molecule has 1 atom stereocenters. The van der Waals surface area contributed by atoms with Crippen molar-refractivity contribution in [3.63, 3.8) is 0 Å². The molecule has 0 spiro atoms. The summed E-state index contributed by atoms with van der Waals surface area (Å²) in [6, 6.07) is 10.9. The zero-order chi connectivity index (χ0) is 13.7. The maximum Gasteiger partial charge on any atom is 0.0746 e. The average molecular weight is 277 g/mol. The van der Waals surface area contributed by atoms with Gasteiger partial charge in [0.1, 0.15) is 0 Å². The van der Waals surface area contributed by atoms with Crippen molar-refractivity contribution in [1.82, 2.24) is 9.80 Å². The third kappa shape index (κ3) is 4.27. The fourth-order valence-corrected chi connectivity index (χ4v) is 2.86. The van der Waals surface area contributed by atoms with Crippen molar-refractivity contribution < 1.29 is 0 Å². The first-order valence-corrected chi connectivity index (χ1v) is 7.33. The maximum absolute atomic E-state index is 5.80. The van der Waals surface area contributed by atoms with Gasteiger partial charge in [0.25, 0.3) is 0 Å². The van der Waals surface area contributed by atoms with E-state index in [1.807, 2.05) is 0 Å². The minimum Gasteiger partial charge on any atom is -0.393 e. The highest BCUT2D eigenvalue weighted by Crippen LogP contribution is 2.25. The minimum atomic E-state index is 0.324. The Hall–Kier alpha value is -0.970. The quantitative estimate of drug-likeness (QED) is 0.854. The van der Waals surface area contributed by atoms with Gasteiger partial charge < -0.3 is 10.6 Å². The molecule has 1 aromatic carbocycles.